The average Bonchev–Trinajstić information content (AvgIpc) is 3.07. The van der Waals surface area contributed by atoms with Gasteiger partial charge in [0.2, 0.25) is 0 Å². The largest absolute Gasteiger partial charge is 0.480 e. The van der Waals surface area contributed by atoms with Crippen molar-refractivity contribution in [3.8, 4) is 0 Å². The molecule has 3 amide bonds. The number of hydrogen-bond donors (Lipinski definition) is 4. The Morgan fingerprint density at radius 2 is 1.73 bits per heavy atom. The first-order valence-electron chi connectivity index (χ1n) is 16.3. The topological polar surface area (TPSA) is 149 Å². The molecular formula is C36H39ClF3N5O6S. The van der Waals surface area contributed by atoms with Crippen LogP contribution in [0.5, 0.6) is 0 Å². The molecule has 3 aromatic carbocycles. The average molecular weight is 762 g/mol. The summed E-state index contributed by atoms with van der Waals surface area (Å²) in [6.07, 6.45) is -1.40. The number of rotatable bonds is 12. The molecule has 52 heavy (non-hydrogen) atoms. The molecule has 16 heteroatoms. The number of hydrazone groups is 1. The molecule has 4 rings (SSSR count). The highest BCUT2D eigenvalue weighted by Gasteiger charge is 2.33. The molecular weight excluding hydrogens is 723 g/mol. The minimum Gasteiger partial charge on any atom is -0.480 e. The number of benzene rings is 3. The Hall–Kier alpha value is -4.76. The first kappa shape index (κ1) is 40.0. The Balaban J connectivity index is 1.47. The lowest BCUT2D eigenvalue weighted by Crippen LogP contribution is -2.44. The molecule has 11 nitrogen and oxygen atoms in total. The number of anilines is 2. The summed E-state index contributed by atoms with van der Waals surface area (Å²) in [5.74, 6) is -2.07. The number of aliphatic carboxylic acids is 1. The smallest absolute Gasteiger partial charge is 0.417 e. The van der Waals surface area contributed by atoms with Gasteiger partial charge in [-0.1, -0.05) is 29.8 Å². The summed E-state index contributed by atoms with van der Waals surface area (Å²) in [5, 5.41) is 18.1. The second kappa shape index (κ2) is 17.6. The zero-order chi connectivity index (χ0) is 38.1. The molecule has 0 aromatic heterocycles. The van der Waals surface area contributed by atoms with E-state index in [0.29, 0.717) is 11.3 Å². The number of carboxylic acids is 1. The molecule has 1 atom stereocenters. The van der Waals surface area contributed by atoms with Crippen LogP contribution in [0.4, 0.5) is 29.3 Å². The Morgan fingerprint density at radius 3 is 2.40 bits per heavy atom. The number of amides is 3. The third-order valence-corrected chi connectivity index (χ3v) is 9.06. The summed E-state index contributed by atoms with van der Waals surface area (Å²) in [7, 11) is 0. The van der Waals surface area contributed by atoms with Crippen molar-refractivity contribution in [2.75, 3.05) is 29.1 Å². The van der Waals surface area contributed by atoms with Crippen LogP contribution in [0.2, 0.25) is 5.02 Å². The number of alkyl halides is 3. The highest BCUT2D eigenvalue weighted by Crippen LogP contribution is 2.35. The van der Waals surface area contributed by atoms with E-state index < -0.39 is 52.3 Å². The monoisotopic (exact) mass is 761 g/mol. The number of piperidine rings is 1. The molecule has 1 fully saturated rings. The number of thioether (sulfide) groups is 1. The van der Waals surface area contributed by atoms with Gasteiger partial charge in [-0.25, -0.2) is 15.0 Å². The van der Waals surface area contributed by atoms with Crippen LogP contribution in [-0.4, -0.2) is 65.7 Å². The van der Waals surface area contributed by atoms with Gasteiger partial charge >= 0.3 is 18.2 Å². The summed E-state index contributed by atoms with van der Waals surface area (Å²) in [4.78, 5) is 52.8. The summed E-state index contributed by atoms with van der Waals surface area (Å²) in [6, 6.07) is 13.7. The van der Waals surface area contributed by atoms with Crippen LogP contribution < -0.4 is 21.0 Å². The summed E-state index contributed by atoms with van der Waals surface area (Å²) < 4.78 is 45.1. The van der Waals surface area contributed by atoms with Gasteiger partial charge in [0, 0.05) is 35.8 Å². The molecule has 1 aliphatic rings. The molecule has 3 aromatic rings. The number of carbonyl (C=O) groups excluding carboxylic acids is 3. The van der Waals surface area contributed by atoms with E-state index in [-0.39, 0.29) is 28.1 Å². The van der Waals surface area contributed by atoms with Crippen LogP contribution in [0.15, 0.2) is 65.8 Å². The molecule has 0 bridgehead atoms. The molecule has 1 aliphatic heterocycles. The van der Waals surface area contributed by atoms with E-state index in [1.54, 1.807) is 63.2 Å². The molecule has 1 heterocycles. The van der Waals surface area contributed by atoms with Gasteiger partial charge in [0.1, 0.15) is 11.6 Å². The SMILES string of the molecule is CC(C)(C)OC(=O)N[C@@H](CSCc1cccc(C(=O)Nc2ccc(N3CCCCC3)cc2C(=O)N/N=C/c2ccc(Cl)c(C(F)(F)F)c2)c1)C(=O)O. The molecule has 0 unspecified atom stereocenters. The predicted molar refractivity (Wildman–Crippen MR) is 195 cm³/mol. The lowest BCUT2D eigenvalue weighted by Gasteiger charge is -2.29. The Morgan fingerprint density at radius 1 is 1.00 bits per heavy atom. The van der Waals surface area contributed by atoms with Crippen LogP contribution in [0.1, 0.15) is 77.4 Å². The van der Waals surface area contributed by atoms with Gasteiger partial charge in [0.15, 0.2) is 0 Å². The number of ether oxygens (including phenoxy) is 1. The maximum Gasteiger partial charge on any atom is 0.417 e. The van der Waals surface area contributed by atoms with Crippen molar-refractivity contribution in [3.05, 3.63) is 93.5 Å². The molecule has 0 aliphatic carbocycles. The van der Waals surface area contributed by atoms with E-state index in [9.17, 15) is 37.5 Å². The lowest BCUT2D eigenvalue weighted by atomic mass is 10.1. The maximum atomic E-state index is 13.4. The van der Waals surface area contributed by atoms with Crippen molar-refractivity contribution >= 4 is 64.8 Å². The number of nitrogens with zero attached hydrogens (tertiary/aromatic N) is 2. The number of carbonyl (C=O) groups is 4. The Bertz CT molecular complexity index is 1810. The van der Waals surface area contributed by atoms with Gasteiger partial charge < -0.3 is 25.4 Å². The first-order chi connectivity index (χ1) is 24.5. The summed E-state index contributed by atoms with van der Waals surface area (Å²) in [6.45, 7) is 6.58. The maximum absolute atomic E-state index is 13.4. The summed E-state index contributed by atoms with van der Waals surface area (Å²) >= 11 is 6.94. The van der Waals surface area contributed by atoms with Crippen LogP contribution in [0, 0.1) is 0 Å². The van der Waals surface area contributed by atoms with E-state index in [2.05, 4.69) is 26.1 Å². The van der Waals surface area contributed by atoms with Crippen molar-refractivity contribution in [2.45, 2.75) is 63.6 Å². The van der Waals surface area contributed by atoms with Crippen molar-refractivity contribution in [1.82, 2.24) is 10.7 Å². The quantitative estimate of drug-likeness (QED) is 0.109. The minimum absolute atomic E-state index is 0.0385. The molecule has 278 valence electrons. The fourth-order valence-corrected chi connectivity index (χ4v) is 6.38. The van der Waals surface area contributed by atoms with Crippen molar-refractivity contribution in [1.29, 1.82) is 0 Å². The number of carboxylic acid groups (broad SMARTS) is 1. The first-order valence-corrected chi connectivity index (χ1v) is 17.8. The molecule has 0 radical (unpaired) electrons. The van der Waals surface area contributed by atoms with Crippen molar-refractivity contribution in [3.63, 3.8) is 0 Å². The number of nitrogens with one attached hydrogen (secondary N) is 3. The molecule has 0 spiro atoms. The zero-order valence-corrected chi connectivity index (χ0v) is 30.3. The summed E-state index contributed by atoms with van der Waals surface area (Å²) in [5.41, 5.74) is 2.59. The van der Waals surface area contributed by atoms with E-state index in [1.165, 1.54) is 17.8 Å². The van der Waals surface area contributed by atoms with Gasteiger partial charge in [-0.2, -0.15) is 30.0 Å². The van der Waals surface area contributed by atoms with Crippen LogP contribution in [0.3, 0.4) is 0 Å². The second-order valence-electron chi connectivity index (χ2n) is 12.9. The number of hydrogen-bond acceptors (Lipinski definition) is 8. The lowest BCUT2D eigenvalue weighted by molar-refractivity contribution is -0.139. The third-order valence-electron chi connectivity index (χ3n) is 7.62. The van der Waals surface area contributed by atoms with E-state index in [1.807, 2.05) is 0 Å². The van der Waals surface area contributed by atoms with Crippen LogP contribution >= 0.6 is 23.4 Å². The highest BCUT2D eigenvalue weighted by atomic mass is 35.5. The van der Waals surface area contributed by atoms with Gasteiger partial charge in [-0.15, -0.1) is 0 Å². The standard InChI is InChI=1S/C36H39ClF3N5O6S/c1-35(2,3)51-34(50)43-30(33(48)49)21-52-20-23-8-7-9-24(16-23)31(46)42-29-13-11-25(45-14-5-4-6-15-45)18-26(29)32(47)44-41-19-22-10-12-28(37)27(17-22)36(38,39)40/h7-13,16-19,30H,4-6,14-15,20-21H2,1-3H3,(H,42,46)(H,43,50)(H,44,47)(H,48,49)/b41-19+/t30-/m0/s1. The van der Waals surface area contributed by atoms with Crippen molar-refractivity contribution < 1.29 is 42.2 Å². The molecule has 4 N–H and O–H groups in total. The second-order valence-corrected chi connectivity index (χ2v) is 14.4. The van der Waals surface area contributed by atoms with E-state index >= 15 is 0 Å². The van der Waals surface area contributed by atoms with Crippen LogP contribution in [-0.2, 0) is 21.5 Å². The number of halogens is 4. The molecule has 1 saturated heterocycles. The Labute approximate surface area is 308 Å². The van der Waals surface area contributed by atoms with Gasteiger partial charge in [-0.3, -0.25) is 9.59 Å². The van der Waals surface area contributed by atoms with Crippen LogP contribution in [0.25, 0.3) is 0 Å². The highest BCUT2D eigenvalue weighted by molar-refractivity contribution is 7.98. The van der Waals surface area contributed by atoms with Gasteiger partial charge in [-0.05, 0) is 93.6 Å². The minimum atomic E-state index is -4.67. The predicted octanol–water partition coefficient (Wildman–Crippen LogP) is 7.58. The molecule has 0 saturated carbocycles. The Kier molecular flexibility index (Phi) is 13.6. The zero-order valence-electron chi connectivity index (χ0n) is 28.7. The fourth-order valence-electron chi connectivity index (χ4n) is 5.16. The van der Waals surface area contributed by atoms with E-state index in [0.717, 1.165) is 56.4 Å². The van der Waals surface area contributed by atoms with Gasteiger partial charge in [0.05, 0.1) is 28.1 Å². The third kappa shape index (κ3) is 11.9. The number of alkyl carbamates (subject to hydrolysis) is 1. The normalized spacial score (nSPS) is 14.1. The van der Waals surface area contributed by atoms with Crippen molar-refractivity contribution in [2.24, 2.45) is 5.10 Å². The van der Waals surface area contributed by atoms with E-state index in [4.69, 9.17) is 16.3 Å². The van der Waals surface area contributed by atoms with Gasteiger partial charge in [0.25, 0.3) is 11.8 Å². The fraction of sp³-hybridized carbons (Fsp3) is 0.361.